The van der Waals surface area contributed by atoms with Crippen LogP contribution in [0, 0.1) is 23.1 Å². The van der Waals surface area contributed by atoms with Crippen LogP contribution in [-0.4, -0.2) is 40.4 Å². The molecule has 5 unspecified atom stereocenters. The molecule has 6 nitrogen and oxygen atoms in total. The lowest BCUT2D eigenvalue weighted by Crippen LogP contribution is -2.50. The summed E-state index contributed by atoms with van der Waals surface area (Å²) in [6.07, 6.45) is 4.73. The molecular formula is C24H27FN4O2S. The average Bonchev–Trinajstić information content (AvgIpc) is 3.37. The lowest BCUT2D eigenvalue weighted by Gasteiger charge is -2.23. The van der Waals surface area contributed by atoms with Gasteiger partial charge in [0.2, 0.25) is 5.91 Å². The van der Waals surface area contributed by atoms with Gasteiger partial charge < -0.3 is 15.4 Å². The minimum atomic E-state index is -2.42. The van der Waals surface area contributed by atoms with Gasteiger partial charge in [0.1, 0.15) is 11.9 Å². The molecule has 0 spiro atoms. The van der Waals surface area contributed by atoms with Gasteiger partial charge in [0.15, 0.2) is 0 Å². The third-order valence-electron chi connectivity index (χ3n) is 6.12. The van der Waals surface area contributed by atoms with Gasteiger partial charge in [0.25, 0.3) is 0 Å². The highest BCUT2D eigenvalue weighted by Crippen LogP contribution is 2.35. The van der Waals surface area contributed by atoms with E-state index in [1.807, 2.05) is 6.07 Å². The summed E-state index contributed by atoms with van der Waals surface area (Å²) in [5, 5.41) is 15.6. The first-order valence-corrected chi connectivity index (χ1v) is 12.8. The zero-order valence-electron chi connectivity index (χ0n) is 17.9. The monoisotopic (exact) mass is 454 g/mol. The Bertz CT molecular complexity index is 1170. The highest BCUT2D eigenvalue weighted by molar-refractivity contribution is 8.00. The fourth-order valence-corrected chi connectivity index (χ4v) is 5.29. The molecule has 3 N–H and O–H groups in total. The number of nitrogens with one attached hydrogen (secondary N) is 3. The van der Waals surface area contributed by atoms with Crippen molar-refractivity contribution in [2.45, 2.75) is 43.8 Å². The van der Waals surface area contributed by atoms with Crippen LogP contribution < -0.4 is 15.4 Å². The Morgan fingerprint density at radius 3 is 2.72 bits per heavy atom. The number of carbonyl (C=O) groups excluding carboxylic acids is 1. The predicted octanol–water partition coefficient (Wildman–Crippen LogP) is 2.86. The number of hydrogen-bond acceptors (Lipinski definition) is 4. The first-order chi connectivity index (χ1) is 15.2. The van der Waals surface area contributed by atoms with E-state index in [1.165, 1.54) is 12.3 Å². The molecule has 8 heteroatoms. The van der Waals surface area contributed by atoms with Gasteiger partial charge in [-0.2, -0.15) is 5.26 Å². The van der Waals surface area contributed by atoms with Gasteiger partial charge in [-0.1, -0.05) is 24.3 Å². The largest absolute Gasteiger partial charge is 0.339 e. The molecule has 0 radical (unpaired) electrons. The van der Waals surface area contributed by atoms with E-state index in [1.54, 1.807) is 30.3 Å². The Kier molecular flexibility index (Phi) is 6.22. The fourth-order valence-electron chi connectivity index (χ4n) is 4.66. The number of piperidine rings is 1. The normalized spacial score (nSPS) is 24.3. The predicted molar refractivity (Wildman–Crippen MR) is 126 cm³/mol. The number of fused-ring (bicyclic) bond motifs is 2. The molecule has 2 fully saturated rings. The van der Waals surface area contributed by atoms with Crippen LogP contribution in [0.4, 0.5) is 10.1 Å². The molecule has 32 heavy (non-hydrogen) atoms. The molecule has 2 aromatic rings. The molecule has 1 heterocycles. The maximum absolute atomic E-state index is 14.9. The van der Waals surface area contributed by atoms with Crippen molar-refractivity contribution in [1.29, 1.82) is 5.26 Å². The van der Waals surface area contributed by atoms with E-state index in [9.17, 15) is 18.7 Å². The van der Waals surface area contributed by atoms with Gasteiger partial charge in [0.05, 0.1) is 12.1 Å². The Morgan fingerprint density at radius 1 is 1.31 bits per heavy atom. The van der Waals surface area contributed by atoms with Gasteiger partial charge >= 0.3 is 0 Å². The molecule has 5 atom stereocenters. The summed E-state index contributed by atoms with van der Waals surface area (Å²) in [6.45, 7) is 0. The van der Waals surface area contributed by atoms with Crippen LogP contribution >= 0.6 is 0 Å². The molecule has 1 saturated carbocycles. The van der Waals surface area contributed by atoms with Crippen molar-refractivity contribution in [2.75, 3.05) is 11.0 Å². The first kappa shape index (κ1) is 22.3. The smallest absolute Gasteiger partial charge is 0.238 e. The number of halogens is 1. The number of rotatable bonds is 7. The van der Waals surface area contributed by atoms with Gasteiger partial charge in [-0.3, -0.25) is 4.79 Å². The van der Waals surface area contributed by atoms with Crippen molar-refractivity contribution in [2.24, 2.45) is 5.92 Å². The first-order valence-electron chi connectivity index (χ1n) is 10.7. The van der Waals surface area contributed by atoms with Gasteiger partial charge in [-0.25, -0.2) is 8.60 Å². The van der Waals surface area contributed by atoms with Crippen LogP contribution in [0.3, 0.4) is 0 Å². The Hall–Kier alpha value is -2.89. The summed E-state index contributed by atoms with van der Waals surface area (Å²) < 4.78 is 29.6. The second-order valence-electron chi connectivity index (χ2n) is 8.80. The topological polar surface area (TPSA) is 94.0 Å². The van der Waals surface area contributed by atoms with Gasteiger partial charge in [-0.05, 0) is 65.9 Å². The molecular weight excluding hydrogens is 427 g/mol. The molecule has 168 valence electrons. The van der Waals surface area contributed by atoms with Crippen LogP contribution in [0.5, 0.6) is 0 Å². The summed E-state index contributed by atoms with van der Waals surface area (Å²) in [5.74, 6) is 3.29. The zero-order chi connectivity index (χ0) is 22.9. The van der Waals surface area contributed by atoms with Crippen LogP contribution in [-0.2, 0) is 20.9 Å². The standard InChI is InChI=1S/C24H27FN4O2S/c1-32(2,31)29-20-5-3-4-15(10-20)16-6-7-17(22(25)13-16)11-21(14-26)28-24(30)23-18-8-9-19(12-18)27-23/h3-7,10,13,18-19,21,23,27H,1,8-9,11-12H2,2H3,(H,28,30)(H,29,31). The fraction of sp³-hybridized carbons (Fsp3) is 0.375. The Labute approximate surface area is 188 Å². The molecule has 2 bridgehead atoms. The highest BCUT2D eigenvalue weighted by Gasteiger charge is 2.43. The Balaban J connectivity index is 1.44. The summed E-state index contributed by atoms with van der Waals surface area (Å²) in [7, 11) is -2.42. The zero-order valence-corrected chi connectivity index (χ0v) is 18.8. The van der Waals surface area contributed by atoms with Crippen molar-refractivity contribution in [3.8, 4) is 17.2 Å². The quantitative estimate of drug-likeness (QED) is 0.561. The molecule has 4 rings (SSSR count). The number of nitrogens with zero attached hydrogens (tertiary/aromatic N) is 1. The van der Waals surface area contributed by atoms with Crippen LogP contribution in [0.15, 0.2) is 42.5 Å². The van der Waals surface area contributed by atoms with E-state index in [0.29, 0.717) is 28.8 Å². The van der Waals surface area contributed by atoms with E-state index in [0.717, 1.165) is 24.8 Å². The number of anilines is 1. The second-order valence-corrected chi connectivity index (χ2v) is 11.0. The number of hydrogen-bond donors (Lipinski definition) is 3. The second kappa shape index (κ2) is 8.93. The van der Waals surface area contributed by atoms with Crippen molar-refractivity contribution >= 4 is 27.2 Å². The number of benzene rings is 2. The van der Waals surface area contributed by atoms with Crippen molar-refractivity contribution in [3.05, 3.63) is 53.8 Å². The Morgan fingerprint density at radius 2 is 2.09 bits per heavy atom. The van der Waals surface area contributed by atoms with Crippen LogP contribution in [0.25, 0.3) is 11.1 Å². The lowest BCUT2D eigenvalue weighted by atomic mass is 9.97. The average molecular weight is 455 g/mol. The maximum atomic E-state index is 14.9. The summed E-state index contributed by atoms with van der Waals surface area (Å²) >= 11 is 0. The number of amides is 1. The minimum Gasteiger partial charge on any atom is -0.339 e. The van der Waals surface area contributed by atoms with Crippen LogP contribution in [0.2, 0.25) is 0 Å². The minimum absolute atomic E-state index is 0.0934. The van der Waals surface area contributed by atoms with E-state index >= 15 is 0 Å². The molecule has 1 aliphatic heterocycles. The molecule has 2 aromatic carbocycles. The number of nitriles is 1. The van der Waals surface area contributed by atoms with E-state index in [-0.39, 0.29) is 18.4 Å². The SMILES string of the molecule is C=S(C)(=O)Nc1cccc(-c2ccc(CC(C#N)NC(=O)C3NC4CCC3C4)c(F)c2)c1. The molecule has 1 amide bonds. The lowest BCUT2D eigenvalue weighted by molar-refractivity contribution is -0.124. The van der Waals surface area contributed by atoms with Crippen molar-refractivity contribution in [3.63, 3.8) is 0 Å². The van der Waals surface area contributed by atoms with E-state index < -0.39 is 21.6 Å². The summed E-state index contributed by atoms with van der Waals surface area (Å²) in [5.41, 5.74) is 2.42. The molecule has 0 aromatic heterocycles. The molecule has 1 saturated heterocycles. The van der Waals surface area contributed by atoms with Crippen molar-refractivity contribution < 1.29 is 13.4 Å². The highest BCUT2D eigenvalue weighted by atomic mass is 32.2. The van der Waals surface area contributed by atoms with E-state index in [4.69, 9.17) is 0 Å². The number of carbonyl (C=O) groups is 1. The van der Waals surface area contributed by atoms with Gasteiger partial charge in [0, 0.05) is 34.1 Å². The van der Waals surface area contributed by atoms with Crippen molar-refractivity contribution in [1.82, 2.24) is 10.6 Å². The van der Waals surface area contributed by atoms with Crippen LogP contribution in [0.1, 0.15) is 24.8 Å². The van der Waals surface area contributed by atoms with Gasteiger partial charge in [-0.15, -0.1) is 0 Å². The molecule has 2 aliphatic rings. The third-order valence-corrected chi connectivity index (χ3v) is 6.79. The van der Waals surface area contributed by atoms with E-state index in [2.05, 4.69) is 27.3 Å². The summed E-state index contributed by atoms with van der Waals surface area (Å²) in [6, 6.07) is 13.4. The third kappa shape index (κ3) is 5.12. The summed E-state index contributed by atoms with van der Waals surface area (Å²) in [4.78, 5) is 12.6. The molecule has 1 aliphatic carbocycles. The maximum Gasteiger partial charge on any atom is 0.238 e.